The van der Waals surface area contributed by atoms with Crippen molar-refractivity contribution in [2.24, 2.45) is 0 Å². The number of nitrogens with one attached hydrogen (secondary N) is 1. The highest BCUT2D eigenvalue weighted by molar-refractivity contribution is 5.78. The SMILES string of the molecule is Cc1ccc(C(C)C)cc1OCC(=O)NC(C)c1ccc(-n2ccnc2)cc1. The van der Waals surface area contributed by atoms with E-state index in [1.165, 1.54) is 5.56 Å². The van der Waals surface area contributed by atoms with Crippen LogP contribution in [0, 0.1) is 6.92 Å². The van der Waals surface area contributed by atoms with Crippen LogP contribution in [0.5, 0.6) is 5.75 Å². The first-order valence-corrected chi connectivity index (χ1v) is 9.55. The van der Waals surface area contributed by atoms with Gasteiger partial charge in [-0.15, -0.1) is 0 Å². The summed E-state index contributed by atoms with van der Waals surface area (Å²) in [6, 6.07) is 14.1. The zero-order valence-electron chi connectivity index (χ0n) is 16.8. The predicted octanol–water partition coefficient (Wildman–Crippen LogP) is 4.56. The van der Waals surface area contributed by atoms with E-state index in [4.69, 9.17) is 4.74 Å². The van der Waals surface area contributed by atoms with Crippen molar-refractivity contribution < 1.29 is 9.53 Å². The van der Waals surface area contributed by atoms with Crippen LogP contribution in [0.1, 0.15) is 49.4 Å². The Balaban J connectivity index is 1.57. The molecule has 0 aliphatic heterocycles. The average Bonchev–Trinajstić information content (AvgIpc) is 3.22. The highest BCUT2D eigenvalue weighted by atomic mass is 16.5. The molecule has 1 unspecified atom stereocenters. The van der Waals surface area contributed by atoms with Gasteiger partial charge in [0, 0.05) is 18.1 Å². The molecule has 0 bridgehead atoms. The van der Waals surface area contributed by atoms with Gasteiger partial charge in [0.1, 0.15) is 5.75 Å². The van der Waals surface area contributed by atoms with Crippen molar-refractivity contribution in [2.45, 2.75) is 39.7 Å². The van der Waals surface area contributed by atoms with Crippen LogP contribution in [0.2, 0.25) is 0 Å². The van der Waals surface area contributed by atoms with Gasteiger partial charge in [-0.25, -0.2) is 4.98 Å². The van der Waals surface area contributed by atoms with Crippen LogP contribution >= 0.6 is 0 Å². The zero-order chi connectivity index (χ0) is 20.1. The molecule has 0 spiro atoms. The van der Waals surface area contributed by atoms with Crippen LogP contribution in [0.25, 0.3) is 5.69 Å². The molecule has 3 aromatic rings. The predicted molar refractivity (Wildman–Crippen MR) is 111 cm³/mol. The zero-order valence-corrected chi connectivity index (χ0v) is 16.8. The Kier molecular flexibility index (Phi) is 6.14. The van der Waals surface area contributed by atoms with Gasteiger partial charge >= 0.3 is 0 Å². The lowest BCUT2D eigenvalue weighted by molar-refractivity contribution is -0.123. The number of benzene rings is 2. The summed E-state index contributed by atoms with van der Waals surface area (Å²) in [5, 5.41) is 2.99. The minimum atomic E-state index is -0.138. The molecular weight excluding hydrogens is 350 g/mol. The van der Waals surface area contributed by atoms with Gasteiger partial charge in [0.2, 0.25) is 0 Å². The van der Waals surface area contributed by atoms with Crippen LogP contribution in [0.15, 0.2) is 61.2 Å². The molecule has 0 fully saturated rings. The minimum absolute atomic E-state index is 0.000150. The third-order valence-electron chi connectivity index (χ3n) is 4.81. The fourth-order valence-electron chi connectivity index (χ4n) is 2.99. The molecule has 5 nitrogen and oxygen atoms in total. The lowest BCUT2D eigenvalue weighted by Crippen LogP contribution is -2.31. The standard InChI is InChI=1S/C23H27N3O2/c1-16(2)20-6-5-17(3)22(13-20)28-14-23(27)25-18(4)19-7-9-21(10-8-19)26-12-11-24-15-26/h5-13,15-16,18H,14H2,1-4H3,(H,25,27). The number of hydrogen-bond acceptors (Lipinski definition) is 3. The largest absolute Gasteiger partial charge is 0.483 e. The van der Waals surface area contributed by atoms with Crippen molar-refractivity contribution in [1.82, 2.24) is 14.9 Å². The lowest BCUT2D eigenvalue weighted by Gasteiger charge is -2.16. The lowest BCUT2D eigenvalue weighted by atomic mass is 10.0. The molecule has 1 atom stereocenters. The summed E-state index contributed by atoms with van der Waals surface area (Å²) in [7, 11) is 0. The van der Waals surface area contributed by atoms with Gasteiger partial charge in [-0.05, 0) is 54.7 Å². The van der Waals surface area contributed by atoms with Crippen molar-refractivity contribution >= 4 is 5.91 Å². The molecule has 1 aromatic heterocycles. The second-order valence-corrected chi connectivity index (χ2v) is 7.32. The molecular formula is C23H27N3O2. The number of carbonyl (C=O) groups excluding carboxylic acids is 1. The monoisotopic (exact) mass is 377 g/mol. The van der Waals surface area contributed by atoms with E-state index in [2.05, 4.69) is 30.2 Å². The number of carbonyl (C=O) groups is 1. The summed E-state index contributed by atoms with van der Waals surface area (Å²) in [6.45, 7) is 8.23. The van der Waals surface area contributed by atoms with Gasteiger partial charge in [0.05, 0.1) is 12.4 Å². The average molecular weight is 377 g/mol. The van der Waals surface area contributed by atoms with E-state index in [9.17, 15) is 4.79 Å². The summed E-state index contributed by atoms with van der Waals surface area (Å²) in [5.74, 6) is 1.04. The summed E-state index contributed by atoms with van der Waals surface area (Å²) in [6.07, 6.45) is 5.40. The smallest absolute Gasteiger partial charge is 0.258 e. The van der Waals surface area contributed by atoms with E-state index in [-0.39, 0.29) is 18.6 Å². The van der Waals surface area contributed by atoms with Crippen molar-refractivity contribution in [3.8, 4) is 11.4 Å². The van der Waals surface area contributed by atoms with E-state index in [1.54, 1.807) is 12.5 Å². The number of amides is 1. The normalized spacial score (nSPS) is 12.0. The first kappa shape index (κ1) is 19.7. The second-order valence-electron chi connectivity index (χ2n) is 7.32. The number of rotatable bonds is 7. The van der Waals surface area contributed by atoms with Crippen LogP contribution in [0.4, 0.5) is 0 Å². The maximum absolute atomic E-state index is 12.3. The second kappa shape index (κ2) is 8.74. The molecule has 0 aliphatic rings. The molecule has 0 saturated carbocycles. The van der Waals surface area contributed by atoms with E-state index in [0.717, 1.165) is 22.6 Å². The molecule has 0 saturated heterocycles. The number of nitrogens with zero attached hydrogens (tertiary/aromatic N) is 2. The molecule has 1 heterocycles. The van der Waals surface area contributed by atoms with E-state index < -0.39 is 0 Å². The Labute approximate surface area is 166 Å². The number of ether oxygens (including phenoxy) is 1. The van der Waals surface area contributed by atoms with Crippen molar-refractivity contribution in [3.63, 3.8) is 0 Å². The maximum Gasteiger partial charge on any atom is 0.258 e. The van der Waals surface area contributed by atoms with Gasteiger partial charge in [0.15, 0.2) is 6.61 Å². The Hall–Kier alpha value is -3.08. The molecule has 1 amide bonds. The molecule has 28 heavy (non-hydrogen) atoms. The van der Waals surface area contributed by atoms with Crippen molar-refractivity contribution in [2.75, 3.05) is 6.61 Å². The highest BCUT2D eigenvalue weighted by Gasteiger charge is 2.12. The summed E-state index contributed by atoms with van der Waals surface area (Å²) < 4.78 is 7.71. The first-order chi connectivity index (χ1) is 13.4. The van der Waals surface area contributed by atoms with Gasteiger partial charge < -0.3 is 14.6 Å². The topological polar surface area (TPSA) is 56.1 Å². The van der Waals surface area contributed by atoms with Crippen molar-refractivity contribution in [3.05, 3.63) is 77.9 Å². The first-order valence-electron chi connectivity index (χ1n) is 9.55. The van der Waals surface area contributed by atoms with Gasteiger partial charge in [-0.2, -0.15) is 0 Å². The maximum atomic E-state index is 12.3. The fraction of sp³-hybridized carbons (Fsp3) is 0.304. The summed E-state index contributed by atoms with van der Waals surface area (Å²) in [4.78, 5) is 16.4. The van der Waals surface area contributed by atoms with E-state index >= 15 is 0 Å². The summed E-state index contributed by atoms with van der Waals surface area (Å²) in [5.41, 5.74) is 4.30. The minimum Gasteiger partial charge on any atom is -0.483 e. The highest BCUT2D eigenvalue weighted by Crippen LogP contribution is 2.24. The van der Waals surface area contributed by atoms with Gasteiger partial charge in [-0.1, -0.05) is 38.1 Å². The summed E-state index contributed by atoms with van der Waals surface area (Å²) >= 11 is 0. The Morgan fingerprint density at radius 1 is 1.11 bits per heavy atom. The number of imidazole rings is 1. The van der Waals surface area contributed by atoms with E-state index in [0.29, 0.717) is 5.92 Å². The third-order valence-corrected chi connectivity index (χ3v) is 4.81. The van der Waals surface area contributed by atoms with Crippen molar-refractivity contribution in [1.29, 1.82) is 0 Å². The van der Waals surface area contributed by atoms with Gasteiger partial charge in [0.25, 0.3) is 5.91 Å². The molecule has 3 rings (SSSR count). The molecule has 2 aromatic carbocycles. The van der Waals surface area contributed by atoms with Crippen LogP contribution < -0.4 is 10.1 Å². The number of hydrogen-bond donors (Lipinski definition) is 1. The molecule has 0 aliphatic carbocycles. The quantitative estimate of drug-likeness (QED) is 0.657. The van der Waals surface area contributed by atoms with E-state index in [1.807, 2.05) is 61.0 Å². The van der Waals surface area contributed by atoms with Crippen LogP contribution in [0.3, 0.4) is 0 Å². The Morgan fingerprint density at radius 3 is 2.46 bits per heavy atom. The Bertz CT molecular complexity index is 916. The number of aromatic nitrogens is 2. The molecule has 0 radical (unpaired) electrons. The van der Waals surface area contributed by atoms with Gasteiger partial charge in [-0.3, -0.25) is 4.79 Å². The number of aryl methyl sites for hydroxylation is 1. The molecule has 146 valence electrons. The Morgan fingerprint density at radius 2 is 1.82 bits per heavy atom. The third kappa shape index (κ3) is 4.80. The van der Waals surface area contributed by atoms with Crippen LogP contribution in [-0.2, 0) is 4.79 Å². The molecule has 1 N–H and O–H groups in total. The fourth-order valence-corrected chi connectivity index (χ4v) is 2.99. The van der Waals surface area contributed by atoms with Crippen LogP contribution in [-0.4, -0.2) is 22.1 Å². The molecule has 5 heteroatoms.